The average molecular weight is 378 g/mol. The van der Waals surface area contributed by atoms with E-state index in [0.717, 1.165) is 11.3 Å². The molecule has 3 rings (SSSR count). The molecule has 0 spiro atoms. The van der Waals surface area contributed by atoms with Crippen LogP contribution in [0.2, 0.25) is 0 Å². The lowest BCUT2D eigenvalue weighted by molar-refractivity contribution is -0.122. The minimum Gasteiger partial charge on any atom is -0.396 e. The zero-order valence-electron chi connectivity index (χ0n) is 13.6. The van der Waals surface area contributed by atoms with Crippen LogP contribution in [0.25, 0.3) is 0 Å². The van der Waals surface area contributed by atoms with Gasteiger partial charge in [0.1, 0.15) is 0 Å². The van der Waals surface area contributed by atoms with Crippen LogP contribution in [0.4, 0.5) is 10.8 Å². The number of aryl methyl sites for hydroxylation is 1. The highest BCUT2D eigenvalue weighted by atomic mass is 32.2. The summed E-state index contributed by atoms with van der Waals surface area (Å²) < 4.78 is 0.688. The van der Waals surface area contributed by atoms with Gasteiger partial charge in [0.05, 0.1) is 12.5 Å². The van der Waals surface area contributed by atoms with Crippen LogP contribution in [0.5, 0.6) is 0 Å². The van der Waals surface area contributed by atoms with Crippen molar-refractivity contribution >= 4 is 45.7 Å². The summed E-state index contributed by atoms with van der Waals surface area (Å²) in [6.45, 7) is 2.37. The van der Waals surface area contributed by atoms with Gasteiger partial charge in [0, 0.05) is 24.4 Å². The third kappa shape index (κ3) is 4.17. The Morgan fingerprint density at radius 3 is 3.00 bits per heavy atom. The molecule has 25 heavy (non-hydrogen) atoms. The summed E-state index contributed by atoms with van der Waals surface area (Å²) in [5.74, 6) is -0.153. The van der Waals surface area contributed by atoms with Crippen molar-refractivity contribution < 1.29 is 14.7 Å². The number of anilines is 2. The minimum absolute atomic E-state index is 0.0501. The van der Waals surface area contributed by atoms with Gasteiger partial charge in [-0.25, -0.2) is 0 Å². The maximum absolute atomic E-state index is 12.4. The van der Waals surface area contributed by atoms with Gasteiger partial charge in [-0.15, -0.1) is 10.2 Å². The van der Waals surface area contributed by atoms with E-state index in [1.807, 2.05) is 31.2 Å². The number of aliphatic hydroxyl groups excluding tert-OH is 1. The van der Waals surface area contributed by atoms with E-state index >= 15 is 0 Å². The van der Waals surface area contributed by atoms with E-state index < -0.39 is 5.92 Å². The van der Waals surface area contributed by atoms with Crippen molar-refractivity contribution in [3.63, 3.8) is 0 Å². The number of amides is 2. The van der Waals surface area contributed by atoms with E-state index in [9.17, 15) is 9.59 Å². The van der Waals surface area contributed by atoms with Gasteiger partial charge in [-0.2, -0.15) is 0 Å². The molecule has 1 aliphatic rings. The fourth-order valence-electron chi connectivity index (χ4n) is 2.64. The number of hydrogen-bond acceptors (Lipinski definition) is 7. The molecule has 7 nitrogen and oxygen atoms in total. The molecule has 1 aromatic heterocycles. The molecule has 132 valence electrons. The predicted molar refractivity (Wildman–Crippen MR) is 98.0 cm³/mol. The van der Waals surface area contributed by atoms with E-state index in [1.165, 1.54) is 23.1 Å². The fourth-order valence-corrected chi connectivity index (χ4v) is 4.21. The zero-order valence-corrected chi connectivity index (χ0v) is 15.3. The Bertz CT molecular complexity index is 780. The number of carbonyl (C=O) groups excluding carboxylic acids is 2. The van der Waals surface area contributed by atoms with E-state index in [0.29, 0.717) is 21.8 Å². The highest BCUT2D eigenvalue weighted by Crippen LogP contribution is 2.29. The Kier molecular flexibility index (Phi) is 5.67. The Hall–Kier alpha value is -1.97. The van der Waals surface area contributed by atoms with Crippen LogP contribution in [-0.2, 0) is 9.59 Å². The number of rotatable bonds is 6. The van der Waals surface area contributed by atoms with Crippen molar-refractivity contribution in [1.82, 2.24) is 10.2 Å². The first kappa shape index (κ1) is 17.8. The average Bonchev–Trinajstić information content (AvgIpc) is 3.20. The summed E-state index contributed by atoms with van der Waals surface area (Å²) in [5, 5.41) is 19.8. The molecule has 1 fully saturated rings. The zero-order chi connectivity index (χ0) is 17.8. The monoisotopic (exact) mass is 378 g/mol. The van der Waals surface area contributed by atoms with Crippen LogP contribution in [0.1, 0.15) is 12.0 Å². The van der Waals surface area contributed by atoms with E-state index in [4.69, 9.17) is 5.11 Å². The fraction of sp³-hybridized carbons (Fsp3) is 0.375. The van der Waals surface area contributed by atoms with Crippen molar-refractivity contribution in [2.45, 2.75) is 17.7 Å². The molecule has 2 amide bonds. The number of nitrogens with zero attached hydrogens (tertiary/aromatic N) is 3. The molecule has 1 aliphatic heterocycles. The number of benzene rings is 1. The Labute approximate surface area is 153 Å². The summed E-state index contributed by atoms with van der Waals surface area (Å²) in [6, 6.07) is 7.65. The molecule has 2 aromatic rings. The molecule has 2 heterocycles. The van der Waals surface area contributed by atoms with Crippen LogP contribution in [0.15, 0.2) is 28.6 Å². The van der Waals surface area contributed by atoms with Crippen LogP contribution in [0.3, 0.4) is 0 Å². The normalized spacial score (nSPS) is 17.1. The second kappa shape index (κ2) is 7.94. The van der Waals surface area contributed by atoms with Crippen molar-refractivity contribution in [3.8, 4) is 0 Å². The highest BCUT2D eigenvalue weighted by molar-refractivity contribution is 8.01. The van der Waals surface area contributed by atoms with Crippen LogP contribution in [-0.4, -0.2) is 46.0 Å². The van der Waals surface area contributed by atoms with Crippen LogP contribution in [0, 0.1) is 12.8 Å². The lowest BCUT2D eigenvalue weighted by Gasteiger charge is -2.18. The van der Waals surface area contributed by atoms with Gasteiger partial charge in [0.15, 0.2) is 4.34 Å². The Morgan fingerprint density at radius 2 is 2.24 bits per heavy atom. The lowest BCUT2D eigenvalue weighted by Crippen LogP contribution is -2.28. The maximum atomic E-state index is 12.4. The van der Waals surface area contributed by atoms with Crippen LogP contribution >= 0.6 is 23.1 Å². The molecule has 1 saturated heterocycles. The second-order valence-electron chi connectivity index (χ2n) is 5.63. The molecule has 0 saturated carbocycles. The van der Waals surface area contributed by atoms with Crippen molar-refractivity contribution in [2.75, 3.05) is 29.1 Å². The van der Waals surface area contributed by atoms with Crippen molar-refractivity contribution in [3.05, 3.63) is 29.8 Å². The van der Waals surface area contributed by atoms with E-state index in [1.54, 1.807) is 4.90 Å². The first-order valence-electron chi connectivity index (χ1n) is 7.82. The van der Waals surface area contributed by atoms with Gasteiger partial charge >= 0.3 is 0 Å². The summed E-state index contributed by atoms with van der Waals surface area (Å²) in [4.78, 5) is 26.4. The molecule has 9 heteroatoms. The predicted octanol–water partition coefficient (Wildman–Crippen LogP) is 1.92. The molecule has 1 aromatic carbocycles. The third-order valence-corrected chi connectivity index (χ3v) is 5.81. The third-order valence-electron chi connectivity index (χ3n) is 3.86. The standard InChI is InChI=1S/C16H18N4O3S2/c1-10-4-2-3-5-12(10)20-9-11(8-13(20)22)14(23)17-15-18-19-16(25-15)24-7-6-21/h2-5,11,21H,6-9H2,1H3,(H,17,18,23)/t11-/m1/s1. The first-order chi connectivity index (χ1) is 12.1. The van der Waals surface area contributed by atoms with Gasteiger partial charge < -0.3 is 15.3 Å². The maximum Gasteiger partial charge on any atom is 0.231 e. The number of aromatic nitrogens is 2. The second-order valence-corrected chi connectivity index (χ2v) is 7.95. The lowest BCUT2D eigenvalue weighted by atomic mass is 10.1. The summed E-state index contributed by atoms with van der Waals surface area (Å²) in [6.07, 6.45) is 0.186. The number of nitrogens with one attached hydrogen (secondary N) is 1. The molecule has 1 atom stereocenters. The first-order valence-corrected chi connectivity index (χ1v) is 9.62. The Balaban J connectivity index is 1.63. The summed E-state index contributed by atoms with van der Waals surface area (Å²) in [7, 11) is 0. The largest absolute Gasteiger partial charge is 0.396 e. The van der Waals surface area contributed by atoms with Gasteiger partial charge in [0.2, 0.25) is 16.9 Å². The minimum atomic E-state index is -0.412. The molecule has 2 N–H and O–H groups in total. The van der Waals surface area contributed by atoms with E-state index in [2.05, 4.69) is 15.5 Å². The molecule has 0 unspecified atom stereocenters. The topological polar surface area (TPSA) is 95.4 Å². The number of para-hydroxylation sites is 1. The summed E-state index contributed by atoms with van der Waals surface area (Å²) >= 11 is 2.64. The smallest absolute Gasteiger partial charge is 0.231 e. The van der Waals surface area contributed by atoms with Crippen molar-refractivity contribution in [2.24, 2.45) is 5.92 Å². The van der Waals surface area contributed by atoms with E-state index in [-0.39, 0.29) is 24.8 Å². The molecule has 0 radical (unpaired) electrons. The SMILES string of the molecule is Cc1ccccc1N1C[C@H](C(=O)Nc2nnc(SCCO)s2)CC1=O. The van der Waals surface area contributed by atoms with Crippen LogP contribution < -0.4 is 10.2 Å². The summed E-state index contributed by atoms with van der Waals surface area (Å²) in [5.41, 5.74) is 1.85. The number of hydrogen-bond donors (Lipinski definition) is 2. The highest BCUT2D eigenvalue weighted by Gasteiger charge is 2.35. The molecule has 0 bridgehead atoms. The van der Waals surface area contributed by atoms with Gasteiger partial charge in [-0.3, -0.25) is 9.59 Å². The van der Waals surface area contributed by atoms with Crippen molar-refractivity contribution in [1.29, 1.82) is 0 Å². The number of carbonyl (C=O) groups is 2. The molecular formula is C16H18N4O3S2. The van der Waals surface area contributed by atoms with Gasteiger partial charge in [-0.1, -0.05) is 41.3 Å². The quantitative estimate of drug-likeness (QED) is 0.589. The number of thioether (sulfide) groups is 1. The number of aliphatic hydroxyl groups is 1. The molecule has 0 aliphatic carbocycles. The van der Waals surface area contributed by atoms with Gasteiger partial charge in [0.25, 0.3) is 0 Å². The molecular weight excluding hydrogens is 360 g/mol. The Morgan fingerprint density at radius 1 is 1.44 bits per heavy atom. The van der Waals surface area contributed by atoms with Gasteiger partial charge in [-0.05, 0) is 18.6 Å².